The molecule has 0 radical (unpaired) electrons. The van der Waals surface area contributed by atoms with Crippen LogP contribution in [0.2, 0.25) is 0 Å². The maximum atomic E-state index is 13.3. The Kier molecular flexibility index (Phi) is 3.97. The lowest BCUT2D eigenvalue weighted by atomic mass is 9.97. The third kappa shape index (κ3) is 2.76. The number of aryl methyl sites for hydroxylation is 1. The Hall–Kier alpha value is -0.710. The summed E-state index contributed by atoms with van der Waals surface area (Å²) in [6.07, 6.45) is 0. The van der Waals surface area contributed by atoms with Crippen LogP contribution in [0, 0.1) is 12.7 Å². The van der Waals surface area contributed by atoms with Crippen molar-refractivity contribution < 1.29 is 4.39 Å². The predicted molar refractivity (Wildman–Crippen MR) is 74.1 cm³/mol. The fourth-order valence-electron chi connectivity index (χ4n) is 1.90. The third-order valence-corrected chi connectivity index (χ3v) is 4.28. The molecule has 1 nitrogen and oxygen atoms in total. The molecular weight excluding hydrogens is 301 g/mol. The maximum absolute atomic E-state index is 13.3. The molecule has 0 aliphatic carbocycles. The Balaban J connectivity index is 2.45. The van der Waals surface area contributed by atoms with Gasteiger partial charge in [-0.05, 0) is 70.2 Å². The second-order valence-corrected chi connectivity index (χ2v) is 6.20. The van der Waals surface area contributed by atoms with Crippen molar-refractivity contribution in [2.24, 2.45) is 0 Å². The average molecular weight is 314 g/mol. The van der Waals surface area contributed by atoms with E-state index < -0.39 is 0 Å². The number of hydrogen-bond acceptors (Lipinski definition) is 2. The summed E-state index contributed by atoms with van der Waals surface area (Å²) in [4.78, 5) is 0. The van der Waals surface area contributed by atoms with Gasteiger partial charge < -0.3 is 5.32 Å². The molecule has 17 heavy (non-hydrogen) atoms. The van der Waals surface area contributed by atoms with E-state index in [1.807, 2.05) is 20.0 Å². The van der Waals surface area contributed by atoms with Gasteiger partial charge in [0, 0.05) is 0 Å². The Morgan fingerprint density at radius 2 is 2.12 bits per heavy atom. The fourth-order valence-corrected chi connectivity index (χ4v) is 3.10. The van der Waals surface area contributed by atoms with Gasteiger partial charge in [-0.15, -0.1) is 11.3 Å². The quantitative estimate of drug-likeness (QED) is 0.892. The molecule has 1 unspecified atom stereocenters. The first kappa shape index (κ1) is 12.7. The standard InChI is InChI=1S/C13H13BrFNS/c1-8-3-4-10(15)6-11(8)13(16-2)9-5-12(14)17-7-9/h3-7,13,16H,1-2H3. The van der Waals surface area contributed by atoms with Crippen LogP contribution in [0.5, 0.6) is 0 Å². The Morgan fingerprint density at radius 1 is 1.35 bits per heavy atom. The van der Waals surface area contributed by atoms with Crippen LogP contribution < -0.4 is 5.32 Å². The summed E-state index contributed by atoms with van der Waals surface area (Å²) in [5.74, 6) is -0.194. The molecule has 1 heterocycles. The van der Waals surface area contributed by atoms with Crippen molar-refractivity contribution in [3.8, 4) is 0 Å². The second kappa shape index (κ2) is 5.29. The SMILES string of the molecule is CNC(c1csc(Br)c1)c1cc(F)ccc1C. The Bertz CT molecular complexity index is 524. The van der Waals surface area contributed by atoms with E-state index >= 15 is 0 Å². The molecule has 0 amide bonds. The lowest BCUT2D eigenvalue weighted by Crippen LogP contribution is -2.18. The number of halogens is 2. The highest BCUT2D eigenvalue weighted by atomic mass is 79.9. The van der Waals surface area contributed by atoms with Crippen molar-refractivity contribution in [1.29, 1.82) is 0 Å². The van der Waals surface area contributed by atoms with Crippen LogP contribution in [-0.4, -0.2) is 7.05 Å². The van der Waals surface area contributed by atoms with Gasteiger partial charge in [-0.2, -0.15) is 0 Å². The van der Waals surface area contributed by atoms with E-state index in [9.17, 15) is 4.39 Å². The first-order chi connectivity index (χ1) is 8.11. The molecule has 0 spiro atoms. The Morgan fingerprint density at radius 3 is 2.71 bits per heavy atom. The predicted octanol–water partition coefficient (Wildman–Crippen LogP) is 4.27. The summed E-state index contributed by atoms with van der Waals surface area (Å²) < 4.78 is 14.4. The minimum atomic E-state index is -0.194. The smallest absolute Gasteiger partial charge is 0.123 e. The molecule has 0 bridgehead atoms. The van der Waals surface area contributed by atoms with Gasteiger partial charge in [0.25, 0.3) is 0 Å². The number of benzene rings is 1. The van der Waals surface area contributed by atoms with E-state index in [4.69, 9.17) is 0 Å². The summed E-state index contributed by atoms with van der Waals surface area (Å²) >= 11 is 5.09. The molecule has 1 aromatic heterocycles. The molecular formula is C13H13BrFNS. The minimum absolute atomic E-state index is 0.0354. The normalized spacial score (nSPS) is 12.7. The summed E-state index contributed by atoms with van der Waals surface area (Å²) in [5.41, 5.74) is 3.23. The molecule has 0 fully saturated rings. The molecule has 0 saturated heterocycles. The molecule has 90 valence electrons. The number of nitrogens with one attached hydrogen (secondary N) is 1. The van der Waals surface area contributed by atoms with Gasteiger partial charge in [-0.25, -0.2) is 4.39 Å². The van der Waals surface area contributed by atoms with Crippen molar-refractivity contribution >= 4 is 27.3 Å². The number of rotatable bonds is 3. The maximum Gasteiger partial charge on any atom is 0.123 e. The first-order valence-corrected chi connectivity index (χ1v) is 6.96. The van der Waals surface area contributed by atoms with E-state index in [1.165, 1.54) is 6.07 Å². The highest BCUT2D eigenvalue weighted by Crippen LogP contribution is 2.30. The van der Waals surface area contributed by atoms with Gasteiger partial charge >= 0.3 is 0 Å². The zero-order valence-corrected chi connectivity index (χ0v) is 12.0. The third-order valence-electron chi connectivity index (χ3n) is 2.76. The minimum Gasteiger partial charge on any atom is -0.309 e. The summed E-state index contributed by atoms with van der Waals surface area (Å²) in [6.45, 7) is 2.00. The zero-order valence-electron chi connectivity index (χ0n) is 9.63. The van der Waals surface area contributed by atoms with Crippen molar-refractivity contribution in [3.63, 3.8) is 0 Å². The van der Waals surface area contributed by atoms with Crippen LogP contribution in [-0.2, 0) is 0 Å². The highest BCUT2D eigenvalue weighted by molar-refractivity contribution is 9.11. The van der Waals surface area contributed by atoms with Gasteiger partial charge in [0.15, 0.2) is 0 Å². The molecule has 4 heteroatoms. The van der Waals surface area contributed by atoms with Gasteiger partial charge in [0.1, 0.15) is 5.82 Å². The van der Waals surface area contributed by atoms with E-state index in [0.29, 0.717) is 0 Å². The van der Waals surface area contributed by atoms with Crippen LogP contribution in [0.15, 0.2) is 33.4 Å². The van der Waals surface area contributed by atoms with Crippen LogP contribution in [0.3, 0.4) is 0 Å². The van der Waals surface area contributed by atoms with E-state index in [2.05, 4.69) is 32.7 Å². The molecule has 1 aromatic carbocycles. The number of thiophene rings is 1. The molecule has 2 aromatic rings. The monoisotopic (exact) mass is 313 g/mol. The van der Waals surface area contributed by atoms with Crippen LogP contribution in [0.25, 0.3) is 0 Å². The zero-order chi connectivity index (χ0) is 12.4. The van der Waals surface area contributed by atoms with E-state index in [1.54, 1.807) is 17.4 Å². The van der Waals surface area contributed by atoms with Crippen molar-refractivity contribution in [2.45, 2.75) is 13.0 Å². The van der Waals surface area contributed by atoms with Crippen LogP contribution in [0.1, 0.15) is 22.7 Å². The highest BCUT2D eigenvalue weighted by Gasteiger charge is 2.16. The van der Waals surface area contributed by atoms with Crippen LogP contribution in [0.4, 0.5) is 4.39 Å². The van der Waals surface area contributed by atoms with Gasteiger partial charge in [-0.1, -0.05) is 6.07 Å². The van der Waals surface area contributed by atoms with E-state index in [0.717, 1.165) is 20.5 Å². The second-order valence-electron chi connectivity index (χ2n) is 3.91. The summed E-state index contributed by atoms with van der Waals surface area (Å²) in [7, 11) is 1.89. The topological polar surface area (TPSA) is 12.0 Å². The van der Waals surface area contributed by atoms with Crippen molar-refractivity contribution in [1.82, 2.24) is 5.32 Å². The lowest BCUT2D eigenvalue weighted by Gasteiger charge is -2.18. The average Bonchev–Trinajstić information content (AvgIpc) is 2.71. The number of hydrogen-bond donors (Lipinski definition) is 1. The Labute approximate surface area is 113 Å². The van der Waals surface area contributed by atoms with Gasteiger partial charge in [0.05, 0.1) is 9.83 Å². The summed E-state index contributed by atoms with van der Waals surface area (Å²) in [5, 5.41) is 5.31. The molecule has 1 N–H and O–H groups in total. The summed E-state index contributed by atoms with van der Waals surface area (Å²) in [6, 6.07) is 7.01. The van der Waals surface area contributed by atoms with Crippen molar-refractivity contribution in [2.75, 3.05) is 7.05 Å². The van der Waals surface area contributed by atoms with Gasteiger partial charge in [-0.3, -0.25) is 0 Å². The molecule has 0 aliphatic heterocycles. The largest absolute Gasteiger partial charge is 0.309 e. The molecule has 0 aliphatic rings. The molecule has 2 rings (SSSR count). The molecule has 1 atom stereocenters. The molecule has 0 saturated carbocycles. The first-order valence-electron chi connectivity index (χ1n) is 5.29. The van der Waals surface area contributed by atoms with E-state index in [-0.39, 0.29) is 11.9 Å². The van der Waals surface area contributed by atoms with Crippen molar-refractivity contribution in [3.05, 3.63) is 55.9 Å². The lowest BCUT2D eigenvalue weighted by molar-refractivity contribution is 0.615. The van der Waals surface area contributed by atoms with Crippen LogP contribution >= 0.6 is 27.3 Å². The fraction of sp³-hybridized carbons (Fsp3) is 0.231. The van der Waals surface area contributed by atoms with Gasteiger partial charge in [0.2, 0.25) is 0 Å².